The molecule has 0 fully saturated rings. The average molecular weight is 397 g/mol. The number of sulfonamides is 1. The lowest BCUT2D eigenvalue weighted by Gasteiger charge is -2.23. The van der Waals surface area contributed by atoms with E-state index in [1.165, 1.54) is 16.4 Å². The van der Waals surface area contributed by atoms with Crippen LogP contribution in [0.4, 0.5) is 0 Å². The Morgan fingerprint density at radius 3 is 2.15 bits per heavy atom. The van der Waals surface area contributed by atoms with Crippen molar-refractivity contribution in [2.45, 2.75) is 18.0 Å². The van der Waals surface area contributed by atoms with E-state index in [-0.39, 0.29) is 18.0 Å². The van der Waals surface area contributed by atoms with Crippen molar-refractivity contribution in [3.05, 3.63) is 101 Å². The molecule has 27 heavy (non-hydrogen) atoms. The van der Waals surface area contributed by atoms with Gasteiger partial charge >= 0.3 is 0 Å². The van der Waals surface area contributed by atoms with Crippen molar-refractivity contribution in [3.63, 3.8) is 0 Å². The lowest BCUT2D eigenvalue weighted by molar-refractivity contribution is 0.401. The quantitative estimate of drug-likeness (QED) is 0.611. The van der Waals surface area contributed by atoms with Crippen LogP contribution in [0.15, 0.2) is 83.8 Å². The molecule has 0 aliphatic heterocycles. The highest BCUT2D eigenvalue weighted by Crippen LogP contribution is 2.23. The molecular formula is C21H17ClN2O2S. The normalized spacial score (nSPS) is 11.3. The Morgan fingerprint density at radius 1 is 0.852 bits per heavy atom. The Morgan fingerprint density at radius 2 is 1.48 bits per heavy atom. The molecule has 0 unspecified atom stereocenters. The number of benzene rings is 3. The van der Waals surface area contributed by atoms with Crippen LogP contribution in [-0.2, 0) is 23.1 Å². The van der Waals surface area contributed by atoms with Gasteiger partial charge in [-0.05, 0) is 47.5 Å². The lowest BCUT2D eigenvalue weighted by atomic mass is 10.1. The SMILES string of the molecule is N#Cc1cccc(CN(Cc2ccccc2)S(=O)(=O)c2ccc(Cl)cc2)c1. The lowest BCUT2D eigenvalue weighted by Crippen LogP contribution is -2.30. The second-order valence-electron chi connectivity index (χ2n) is 6.02. The van der Waals surface area contributed by atoms with Crippen molar-refractivity contribution in [2.75, 3.05) is 0 Å². The average Bonchev–Trinajstić information content (AvgIpc) is 2.69. The number of rotatable bonds is 6. The molecule has 0 atom stereocenters. The van der Waals surface area contributed by atoms with Crippen LogP contribution in [0, 0.1) is 11.3 Å². The van der Waals surface area contributed by atoms with Crippen LogP contribution >= 0.6 is 11.6 Å². The zero-order valence-corrected chi connectivity index (χ0v) is 16.0. The molecule has 0 N–H and O–H groups in total. The Labute approximate surface area is 164 Å². The summed E-state index contributed by atoms with van der Waals surface area (Å²) in [6.07, 6.45) is 0. The summed E-state index contributed by atoms with van der Waals surface area (Å²) in [6.45, 7) is 0.387. The van der Waals surface area contributed by atoms with E-state index < -0.39 is 10.0 Å². The van der Waals surface area contributed by atoms with Gasteiger partial charge in [0.25, 0.3) is 0 Å². The van der Waals surface area contributed by atoms with Crippen LogP contribution in [0.2, 0.25) is 5.02 Å². The summed E-state index contributed by atoms with van der Waals surface area (Å²) in [5, 5.41) is 9.58. The van der Waals surface area contributed by atoms with Crippen LogP contribution in [0.5, 0.6) is 0 Å². The summed E-state index contributed by atoms with van der Waals surface area (Å²) in [5.74, 6) is 0. The molecule has 0 spiro atoms. The topological polar surface area (TPSA) is 61.2 Å². The van der Waals surface area contributed by atoms with Gasteiger partial charge in [0, 0.05) is 18.1 Å². The minimum Gasteiger partial charge on any atom is -0.207 e. The van der Waals surface area contributed by atoms with Crippen LogP contribution in [0.25, 0.3) is 0 Å². The predicted molar refractivity (Wildman–Crippen MR) is 105 cm³/mol. The van der Waals surface area contributed by atoms with E-state index in [1.54, 1.807) is 30.3 Å². The van der Waals surface area contributed by atoms with Crippen LogP contribution in [-0.4, -0.2) is 12.7 Å². The molecule has 3 aromatic rings. The molecule has 0 saturated heterocycles. The van der Waals surface area contributed by atoms with Gasteiger partial charge in [0.05, 0.1) is 16.5 Å². The Kier molecular flexibility index (Phi) is 5.92. The summed E-state index contributed by atoms with van der Waals surface area (Å²) in [4.78, 5) is 0.180. The Bertz CT molecular complexity index is 1060. The first kappa shape index (κ1) is 19.1. The fraction of sp³-hybridized carbons (Fsp3) is 0.0952. The van der Waals surface area contributed by atoms with Crippen LogP contribution < -0.4 is 0 Å². The van der Waals surface area contributed by atoms with E-state index in [1.807, 2.05) is 36.4 Å². The summed E-state index contributed by atoms with van der Waals surface area (Å²) in [6, 6.07) is 24.6. The van der Waals surface area contributed by atoms with Crippen molar-refractivity contribution >= 4 is 21.6 Å². The number of halogens is 1. The third-order valence-electron chi connectivity index (χ3n) is 4.07. The summed E-state index contributed by atoms with van der Waals surface area (Å²) in [7, 11) is -3.74. The molecule has 0 heterocycles. The monoisotopic (exact) mass is 396 g/mol. The zero-order chi connectivity index (χ0) is 19.3. The number of nitriles is 1. The maximum atomic E-state index is 13.2. The fourth-order valence-electron chi connectivity index (χ4n) is 2.71. The van der Waals surface area contributed by atoms with E-state index in [4.69, 9.17) is 16.9 Å². The highest BCUT2D eigenvalue weighted by molar-refractivity contribution is 7.89. The smallest absolute Gasteiger partial charge is 0.207 e. The molecule has 0 aromatic heterocycles. The van der Waals surface area contributed by atoms with Crippen molar-refractivity contribution in [3.8, 4) is 6.07 Å². The highest BCUT2D eigenvalue weighted by atomic mass is 35.5. The first-order valence-electron chi connectivity index (χ1n) is 8.28. The molecule has 0 aliphatic carbocycles. The van der Waals surface area contributed by atoms with Gasteiger partial charge in [-0.15, -0.1) is 0 Å². The number of nitrogens with zero attached hydrogens (tertiary/aromatic N) is 2. The molecule has 0 aliphatic rings. The van der Waals surface area contributed by atoms with Crippen molar-refractivity contribution in [2.24, 2.45) is 0 Å². The summed E-state index contributed by atoms with van der Waals surface area (Å²) < 4.78 is 27.9. The Balaban J connectivity index is 1.98. The molecule has 6 heteroatoms. The van der Waals surface area contributed by atoms with Crippen LogP contribution in [0.3, 0.4) is 0 Å². The standard InChI is InChI=1S/C21H17ClN2O2S/c22-20-9-11-21(12-10-20)27(25,26)24(15-17-5-2-1-3-6-17)16-19-8-4-7-18(13-19)14-23/h1-13H,15-16H2. The Hall–Kier alpha value is -2.65. The maximum Gasteiger partial charge on any atom is 0.243 e. The highest BCUT2D eigenvalue weighted by Gasteiger charge is 2.25. The van der Waals surface area contributed by atoms with Gasteiger partial charge in [-0.1, -0.05) is 54.1 Å². The van der Waals surface area contributed by atoms with Gasteiger partial charge in [0.1, 0.15) is 0 Å². The third kappa shape index (κ3) is 4.75. The second-order valence-corrected chi connectivity index (χ2v) is 8.40. The molecule has 3 aromatic carbocycles. The molecular weight excluding hydrogens is 380 g/mol. The van der Waals surface area contributed by atoms with E-state index >= 15 is 0 Å². The van der Waals surface area contributed by atoms with Crippen molar-refractivity contribution in [1.29, 1.82) is 5.26 Å². The maximum absolute atomic E-state index is 13.2. The minimum absolute atomic E-state index is 0.162. The van der Waals surface area contributed by atoms with Gasteiger partial charge < -0.3 is 0 Å². The number of hydrogen-bond donors (Lipinski definition) is 0. The van der Waals surface area contributed by atoms with E-state index in [0.29, 0.717) is 10.6 Å². The molecule has 3 rings (SSSR count). The summed E-state index contributed by atoms with van der Waals surface area (Å²) >= 11 is 5.90. The van der Waals surface area contributed by atoms with E-state index in [0.717, 1.165) is 11.1 Å². The van der Waals surface area contributed by atoms with Gasteiger partial charge in [0.15, 0.2) is 0 Å². The van der Waals surface area contributed by atoms with E-state index in [9.17, 15) is 8.42 Å². The van der Waals surface area contributed by atoms with E-state index in [2.05, 4.69) is 6.07 Å². The zero-order valence-electron chi connectivity index (χ0n) is 14.4. The van der Waals surface area contributed by atoms with Gasteiger partial charge in [0.2, 0.25) is 10.0 Å². The summed E-state index contributed by atoms with van der Waals surface area (Å²) in [5.41, 5.74) is 2.13. The first-order chi connectivity index (χ1) is 13.0. The third-order valence-corrected chi connectivity index (χ3v) is 6.13. The second kappa shape index (κ2) is 8.36. The molecule has 0 radical (unpaired) electrons. The van der Waals surface area contributed by atoms with Gasteiger partial charge in [-0.2, -0.15) is 9.57 Å². The first-order valence-corrected chi connectivity index (χ1v) is 10.1. The fourth-order valence-corrected chi connectivity index (χ4v) is 4.25. The van der Waals surface area contributed by atoms with Crippen LogP contribution in [0.1, 0.15) is 16.7 Å². The van der Waals surface area contributed by atoms with Crippen molar-refractivity contribution in [1.82, 2.24) is 4.31 Å². The molecule has 136 valence electrons. The van der Waals surface area contributed by atoms with Gasteiger partial charge in [-0.25, -0.2) is 8.42 Å². The van der Waals surface area contributed by atoms with Gasteiger partial charge in [-0.3, -0.25) is 0 Å². The number of hydrogen-bond acceptors (Lipinski definition) is 3. The van der Waals surface area contributed by atoms with Crippen molar-refractivity contribution < 1.29 is 8.42 Å². The predicted octanol–water partition coefficient (Wildman–Crippen LogP) is 4.60. The molecule has 4 nitrogen and oxygen atoms in total. The largest absolute Gasteiger partial charge is 0.243 e. The molecule has 0 saturated carbocycles. The minimum atomic E-state index is -3.74. The molecule has 0 bridgehead atoms. The molecule has 0 amide bonds.